The molecule has 0 aliphatic carbocycles. The van der Waals surface area contributed by atoms with Crippen molar-refractivity contribution in [3.8, 4) is 0 Å². The Kier molecular flexibility index (Phi) is 5.05. The fourth-order valence-electron chi connectivity index (χ4n) is 2.79. The first kappa shape index (κ1) is 16.1. The lowest BCUT2D eigenvalue weighted by molar-refractivity contribution is 0.0627. The number of rotatable bonds is 4. The number of aromatic nitrogens is 1. The molecule has 122 valence electrons. The maximum Gasteiger partial charge on any atom is 0.253 e. The molecule has 5 nitrogen and oxygen atoms in total. The van der Waals surface area contributed by atoms with Crippen LogP contribution in [0.25, 0.3) is 0 Å². The largest absolute Gasteiger partial charge is 0.336 e. The van der Waals surface area contributed by atoms with Crippen molar-refractivity contribution in [3.05, 3.63) is 51.5 Å². The maximum atomic E-state index is 12.5. The Hall–Kier alpha value is -1.76. The smallest absolute Gasteiger partial charge is 0.253 e. The van der Waals surface area contributed by atoms with Gasteiger partial charge in [-0.1, -0.05) is 12.1 Å². The lowest BCUT2D eigenvalue weighted by Gasteiger charge is -2.34. The van der Waals surface area contributed by atoms with E-state index in [1.807, 2.05) is 36.1 Å². The molecule has 1 aliphatic rings. The van der Waals surface area contributed by atoms with Crippen molar-refractivity contribution in [1.82, 2.24) is 14.8 Å². The van der Waals surface area contributed by atoms with Crippen LogP contribution in [0.3, 0.4) is 0 Å². The summed E-state index contributed by atoms with van der Waals surface area (Å²) in [6.45, 7) is 6.72. The number of carbonyl (C=O) groups is 1. The lowest BCUT2D eigenvalue weighted by atomic mass is 10.1. The van der Waals surface area contributed by atoms with Crippen LogP contribution in [-0.4, -0.2) is 46.9 Å². The van der Waals surface area contributed by atoms with E-state index < -0.39 is 0 Å². The normalized spacial score (nSPS) is 15.8. The van der Waals surface area contributed by atoms with Gasteiger partial charge in [0.05, 0.1) is 10.7 Å². The summed E-state index contributed by atoms with van der Waals surface area (Å²) in [6, 6.07) is 7.59. The van der Waals surface area contributed by atoms with Gasteiger partial charge in [0.2, 0.25) is 0 Å². The average Bonchev–Trinajstić information content (AvgIpc) is 3.00. The van der Waals surface area contributed by atoms with E-state index in [-0.39, 0.29) is 5.91 Å². The molecule has 0 unspecified atom stereocenters. The minimum absolute atomic E-state index is 0.109. The maximum absolute atomic E-state index is 12.5. The molecule has 0 atom stereocenters. The average molecular weight is 330 g/mol. The molecule has 0 saturated carbocycles. The molecule has 1 aliphatic heterocycles. The highest BCUT2D eigenvalue weighted by molar-refractivity contribution is 7.09. The molecule has 3 rings (SSSR count). The van der Waals surface area contributed by atoms with Gasteiger partial charge in [-0.05, 0) is 24.6 Å². The topological polar surface area (TPSA) is 62.5 Å². The molecular formula is C17H22N4OS. The van der Waals surface area contributed by atoms with Gasteiger partial charge in [-0.3, -0.25) is 9.69 Å². The van der Waals surface area contributed by atoms with Crippen LogP contribution < -0.4 is 5.73 Å². The van der Waals surface area contributed by atoms with Crippen LogP contribution in [0.15, 0.2) is 29.6 Å². The Morgan fingerprint density at radius 1 is 1.22 bits per heavy atom. The molecule has 0 bridgehead atoms. The molecular weight excluding hydrogens is 308 g/mol. The number of hydrogen-bond acceptors (Lipinski definition) is 5. The number of nitrogens with two attached hydrogens (primary N) is 1. The summed E-state index contributed by atoms with van der Waals surface area (Å²) < 4.78 is 0. The highest BCUT2D eigenvalue weighted by Gasteiger charge is 2.22. The van der Waals surface area contributed by atoms with Gasteiger partial charge >= 0.3 is 0 Å². The molecule has 0 radical (unpaired) electrons. The predicted molar refractivity (Wildman–Crippen MR) is 92.4 cm³/mol. The molecule has 1 aromatic carbocycles. The second-order valence-corrected chi connectivity index (χ2v) is 6.89. The van der Waals surface area contributed by atoms with E-state index in [4.69, 9.17) is 5.73 Å². The van der Waals surface area contributed by atoms with E-state index in [1.165, 1.54) is 0 Å². The van der Waals surface area contributed by atoms with Gasteiger partial charge < -0.3 is 10.6 Å². The number of benzene rings is 1. The Morgan fingerprint density at radius 3 is 2.48 bits per heavy atom. The summed E-state index contributed by atoms with van der Waals surface area (Å²) in [6.07, 6.45) is 0. The van der Waals surface area contributed by atoms with Crippen LogP contribution in [0, 0.1) is 6.92 Å². The fourth-order valence-corrected chi connectivity index (χ4v) is 3.39. The zero-order valence-corrected chi connectivity index (χ0v) is 14.2. The van der Waals surface area contributed by atoms with Crippen molar-refractivity contribution in [2.24, 2.45) is 5.73 Å². The van der Waals surface area contributed by atoms with Crippen LogP contribution in [0.4, 0.5) is 0 Å². The first-order valence-electron chi connectivity index (χ1n) is 7.87. The van der Waals surface area contributed by atoms with E-state index in [1.54, 1.807) is 11.3 Å². The van der Waals surface area contributed by atoms with Crippen molar-refractivity contribution < 1.29 is 4.79 Å². The van der Waals surface area contributed by atoms with Gasteiger partial charge in [-0.25, -0.2) is 4.98 Å². The van der Waals surface area contributed by atoms with Gasteiger partial charge in [0, 0.05) is 50.2 Å². The number of carbonyl (C=O) groups excluding carboxylic acids is 1. The summed E-state index contributed by atoms with van der Waals surface area (Å²) in [5, 5.41) is 3.22. The number of amides is 1. The van der Waals surface area contributed by atoms with E-state index in [0.29, 0.717) is 6.54 Å². The third-order valence-electron chi connectivity index (χ3n) is 4.15. The molecule has 2 heterocycles. The zero-order valence-electron chi connectivity index (χ0n) is 13.4. The minimum atomic E-state index is 0.109. The SMILES string of the molecule is Cc1nc(CN2CCN(C(=O)c3ccc(CN)cc3)CC2)cs1. The minimum Gasteiger partial charge on any atom is -0.336 e. The van der Waals surface area contributed by atoms with E-state index in [0.717, 1.165) is 54.6 Å². The second-order valence-electron chi connectivity index (χ2n) is 5.83. The summed E-state index contributed by atoms with van der Waals surface area (Å²) >= 11 is 1.69. The van der Waals surface area contributed by atoms with Gasteiger partial charge in [0.25, 0.3) is 5.91 Å². The van der Waals surface area contributed by atoms with Crippen molar-refractivity contribution in [3.63, 3.8) is 0 Å². The highest BCUT2D eigenvalue weighted by atomic mass is 32.1. The number of nitrogens with zero attached hydrogens (tertiary/aromatic N) is 3. The molecule has 2 aromatic rings. The van der Waals surface area contributed by atoms with E-state index >= 15 is 0 Å². The highest BCUT2D eigenvalue weighted by Crippen LogP contribution is 2.14. The Morgan fingerprint density at radius 2 is 1.91 bits per heavy atom. The monoisotopic (exact) mass is 330 g/mol. The summed E-state index contributed by atoms with van der Waals surface area (Å²) in [5.74, 6) is 0.109. The van der Waals surface area contributed by atoms with Crippen LogP contribution in [0.5, 0.6) is 0 Å². The van der Waals surface area contributed by atoms with Crippen molar-refractivity contribution in [2.75, 3.05) is 26.2 Å². The molecule has 2 N–H and O–H groups in total. The van der Waals surface area contributed by atoms with Crippen molar-refractivity contribution >= 4 is 17.2 Å². The van der Waals surface area contributed by atoms with Crippen molar-refractivity contribution in [1.29, 1.82) is 0 Å². The van der Waals surface area contributed by atoms with Crippen molar-refractivity contribution in [2.45, 2.75) is 20.0 Å². The van der Waals surface area contributed by atoms with Gasteiger partial charge in [-0.15, -0.1) is 11.3 Å². The van der Waals surface area contributed by atoms with Gasteiger partial charge in [-0.2, -0.15) is 0 Å². The molecule has 6 heteroatoms. The summed E-state index contributed by atoms with van der Waals surface area (Å²) in [4.78, 5) is 21.3. The number of hydrogen-bond donors (Lipinski definition) is 1. The quantitative estimate of drug-likeness (QED) is 0.929. The predicted octanol–water partition coefficient (Wildman–Crippen LogP) is 1.87. The van der Waals surface area contributed by atoms with E-state index in [2.05, 4.69) is 15.3 Å². The third-order valence-corrected chi connectivity index (χ3v) is 4.97. The number of aryl methyl sites for hydroxylation is 1. The summed E-state index contributed by atoms with van der Waals surface area (Å²) in [7, 11) is 0. The molecule has 0 spiro atoms. The number of piperazine rings is 1. The van der Waals surface area contributed by atoms with Crippen LogP contribution in [-0.2, 0) is 13.1 Å². The van der Waals surface area contributed by atoms with Crippen LogP contribution in [0.2, 0.25) is 0 Å². The van der Waals surface area contributed by atoms with Crippen LogP contribution >= 0.6 is 11.3 Å². The first-order chi connectivity index (χ1) is 11.2. The Bertz CT molecular complexity index is 659. The third kappa shape index (κ3) is 3.96. The molecule has 1 aromatic heterocycles. The molecule has 23 heavy (non-hydrogen) atoms. The van der Waals surface area contributed by atoms with Gasteiger partial charge in [0.1, 0.15) is 0 Å². The molecule has 1 saturated heterocycles. The fraction of sp³-hybridized carbons (Fsp3) is 0.412. The lowest BCUT2D eigenvalue weighted by Crippen LogP contribution is -2.48. The Labute approximate surface area is 140 Å². The standard InChI is InChI=1S/C17H22N4OS/c1-13-19-16(12-23-13)11-20-6-8-21(9-7-20)17(22)15-4-2-14(10-18)3-5-15/h2-5,12H,6-11,18H2,1H3. The Balaban J connectivity index is 1.54. The molecule has 1 amide bonds. The zero-order chi connectivity index (χ0) is 16.2. The van der Waals surface area contributed by atoms with Crippen LogP contribution in [0.1, 0.15) is 26.6 Å². The number of thiazole rings is 1. The summed E-state index contributed by atoms with van der Waals surface area (Å²) in [5.41, 5.74) is 8.51. The molecule has 1 fully saturated rings. The first-order valence-corrected chi connectivity index (χ1v) is 8.75. The second kappa shape index (κ2) is 7.21. The van der Waals surface area contributed by atoms with Gasteiger partial charge in [0.15, 0.2) is 0 Å². The van der Waals surface area contributed by atoms with E-state index in [9.17, 15) is 4.79 Å².